The van der Waals surface area contributed by atoms with Gasteiger partial charge in [-0.05, 0) is 12.8 Å². The van der Waals surface area contributed by atoms with Gasteiger partial charge in [-0.25, -0.2) is 8.42 Å². The number of carbonyl (C=O) groups excluding carboxylic acids is 1. The van der Waals surface area contributed by atoms with E-state index in [4.69, 9.17) is 0 Å². The molecule has 0 heterocycles. The topological polar surface area (TPSA) is 51.2 Å². The second kappa shape index (κ2) is 6.17. The van der Waals surface area contributed by atoms with E-state index < -0.39 is 9.84 Å². The zero-order valence-electron chi connectivity index (χ0n) is 9.25. The third-order valence-corrected chi connectivity index (χ3v) is 4.00. The van der Waals surface area contributed by atoms with Crippen LogP contribution in [0.15, 0.2) is 0 Å². The Hall–Kier alpha value is -0.380. The molecule has 0 radical (unpaired) electrons. The van der Waals surface area contributed by atoms with E-state index in [1.165, 1.54) is 0 Å². The third-order valence-electron chi connectivity index (χ3n) is 2.21. The van der Waals surface area contributed by atoms with E-state index in [9.17, 15) is 13.2 Å². The van der Waals surface area contributed by atoms with Gasteiger partial charge in [0.1, 0.15) is 15.6 Å². The Labute approximate surface area is 86.8 Å². The molecule has 0 aliphatic carbocycles. The number of rotatable bonds is 7. The van der Waals surface area contributed by atoms with Crippen molar-refractivity contribution in [2.24, 2.45) is 5.92 Å². The maximum absolute atomic E-state index is 11.2. The summed E-state index contributed by atoms with van der Waals surface area (Å²) in [6.07, 6.45) is 1.81. The molecule has 0 bridgehead atoms. The Morgan fingerprint density at radius 3 is 2.21 bits per heavy atom. The van der Waals surface area contributed by atoms with Crippen LogP contribution < -0.4 is 0 Å². The first-order chi connectivity index (χ1) is 6.39. The minimum Gasteiger partial charge on any atom is -0.299 e. The highest BCUT2D eigenvalue weighted by atomic mass is 32.2. The molecule has 0 aromatic heterocycles. The summed E-state index contributed by atoms with van der Waals surface area (Å²) in [6.45, 7) is 5.38. The van der Waals surface area contributed by atoms with E-state index in [0.717, 1.165) is 0 Å². The monoisotopic (exact) mass is 220 g/mol. The van der Waals surface area contributed by atoms with Crippen molar-refractivity contribution in [1.82, 2.24) is 0 Å². The molecule has 0 aliphatic rings. The lowest BCUT2D eigenvalue weighted by Gasteiger charge is -2.03. The van der Waals surface area contributed by atoms with Gasteiger partial charge in [-0.15, -0.1) is 0 Å². The number of ketones is 1. The van der Waals surface area contributed by atoms with Crippen molar-refractivity contribution in [1.29, 1.82) is 0 Å². The fourth-order valence-corrected chi connectivity index (χ4v) is 1.99. The summed E-state index contributed by atoms with van der Waals surface area (Å²) in [5.41, 5.74) is 0. The maximum atomic E-state index is 11.2. The molecule has 0 aliphatic heterocycles. The van der Waals surface area contributed by atoms with Crippen molar-refractivity contribution in [3.05, 3.63) is 0 Å². The lowest BCUT2D eigenvalue weighted by Crippen LogP contribution is -2.10. The average Bonchev–Trinajstić information content (AvgIpc) is 2.12. The third kappa shape index (κ3) is 6.13. The van der Waals surface area contributed by atoms with E-state index in [1.807, 2.05) is 13.8 Å². The van der Waals surface area contributed by atoms with Gasteiger partial charge in [-0.3, -0.25) is 4.79 Å². The molecule has 0 saturated carbocycles. The summed E-state index contributed by atoms with van der Waals surface area (Å²) >= 11 is 0. The molecule has 0 rings (SSSR count). The van der Waals surface area contributed by atoms with Gasteiger partial charge >= 0.3 is 0 Å². The minimum atomic E-state index is -2.85. The van der Waals surface area contributed by atoms with E-state index in [-0.39, 0.29) is 23.2 Å². The first kappa shape index (κ1) is 13.6. The van der Waals surface area contributed by atoms with Crippen LogP contribution in [0.25, 0.3) is 0 Å². The second-order valence-corrected chi connectivity index (χ2v) is 6.29. The van der Waals surface area contributed by atoms with Gasteiger partial charge in [0.2, 0.25) is 0 Å². The maximum Gasteiger partial charge on any atom is 0.150 e. The number of carbonyl (C=O) groups is 1. The molecule has 4 heteroatoms. The fourth-order valence-electron chi connectivity index (χ4n) is 1.05. The summed E-state index contributed by atoms with van der Waals surface area (Å²) in [4.78, 5) is 11.2. The van der Waals surface area contributed by atoms with E-state index in [1.54, 1.807) is 6.92 Å². The summed E-state index contributed by atoms with van der Waals surface area (Å²) in [6, 6.07) is 0. The van der Waals surface area contributed by atoms with Crippen LogP contribution in [0.2, 0.25) is 0 Å². The van der Waals surface area contributed by atoms with Gasteiger partial charge in [0.25, 0.3) is 0 Å². The Morgan fingerprint density at radius 2 is 1.79 bits per heavy atom. The number of sulfone groups is 1. The van der Waals surface area contributed by atoms with Crippen molar-refractivity contribution in [2.75, 3.05) is 11.5 Å². The first-order valence-electron chi connectivity index (χ1n) is 5.12. The van der Waals surface area contributed by atoms with Gasteiger partial charge in [0, 0.05) is 18.1 Å². The molecule has 0 amide bonds. The van der Waals surface area contributed by atoms with Crippen molar-refractivity contribution in [3.63, 3.8) is 0 Å². The highest BCUT2D eigenvalue weighted by molar-refractivity contribution is 7.91. The van der Waals surface area contributed by atoms with Gasteiger partial charge < -0.3 is 0 Å². The van der Waals surface area contributed by atoms with Gasteiger partial charge in [0.05, 0.1) is 5.75 Å². The zero-order chi connectivity index (χ0) is 11.2. The molecule has 3 nitrogen and oxygen atoms in total. The van der Waals surface area contributed by atoms with E-state index >= 15 is 0 Å². The SMILES string of the molecule is CCS(=O)(=O)CCCCC(=O)C(C)C. The highest BCUT2D eigenvalue weighted by Gasteiger charge is 2.09. The van der Waals surface area contributed by atoms with Crippen molar-refractivity contribution >= 4 is 15.6 Å². The number of unbranched alkanes of at least 4 members (excludes halogenated alkanes) is 1. The van der Waals surface area contributed by atoms with Crippen LogP contribution in [0, 0.1) is 5.92 Å². The quantitative estimate of drug-likeness (QED) is 0.615. The Bertz CT molecular complexity index is 265. The van der Waals surface area contributed by atoms with Crippen LogP contribution in [0.3, 0.4) is 0 Å². The van der Waals surface area contributed by atoms with Crippen molar-refractivity contribution in [2.45, 2.75) is 40.0 Å². The Balaban J connectivity index is 3.63. The summed E-state index contributed by atoms with van der Waals surface area (Å²) in [5.74, 6) is 0.705. The lowest BCUT2D eigenvalue weighted by molar-refractivity contribution is -0.121. The van der Waals surface area contributed by atoms with Crippen LogP contribution >= 0.6 is 0 Å². The van der Waals surface area contributed by atoms with Crippen molar-refractivity contribution in [3.8, 4) is 0 Å². The number of hydrogen-bond acceptors (Lipinski definition) is 3. The summed E-state index contributed by atoms with van der Waals surface area (Å²) in [5, 5.41) is 0. The second-order valence-electron chi connectivity index (χ2n) is 3.81. The summed E-state index contributed by atoms with van der Waals surface area (Å²) in [7, 11) is -2.85. The molecule has 0 spiro atoms. The largest absolute Gasteiger partial charge is 0.299 e. The molecular weight excluding hydrogens is 200 g/mol. The van der Waals surface area contributed by atoms with Crippen LogP contribution in [0.5, 0.6) is 0 Å². The highest BCUT2D eigenvalue weighted by Crippen LogP contribution is 2.05. The standard InChI is InChI=1S/C10H20O3S/c1-4-14(12,13)8-6-5-7-10(11)9(2)3/h9H,4-8H2,1-3H3. The normalized spacial score (nSPS) is 12.0. The minimum absolute atomic E-state index is 0.0674. The van der Waals surface area contributed by atoms with Crippen molar-refractivity contribution < 1.29 is 13.2 Å². The molecule has 0 fully saturated rings. The van der Waals surface area contributed by atoms with Crippen LogP contribution in [-0.4, -0.2) is 25.7 Å². The molecule has 0 aromatic carbocycles. The average molecular weight is 220 g/mol. The molecule has 0 N–H and O–H groups in total. The summed E-state index contributed by atoms with van der Waals surface area (Å²) < 4.78 is 22.2. The van der Waals surface area contributed by atoms with Crippen LogP contribution in [0.4, 0.5) is 0 Å². The van der Waals surface area contributed by atoms with Crippen LogP contribution in [0.1, 0.15) is 40.0 Å². The number of hydrogen-bond donors (Lipinski definition) is 0. The van der Waals surface area contributed by atoms with E-state index in [2.05, 4.69) is 0 Å². The molecule has 0 saturated heterocycles. The molecule has 0 aromatic rings. The molecule has 0 unspecified atom stereocenters. The first-order valence-corrected chi connectivity index (χ1v) is 6.94. The predicted octanol–water partition coefficient (Wildman–Crippen LogP) is 1.82. The number of Topliss-reactive ketones (excluding diaryl/α,β-unsaturated/α-hetero) is 1. The van der Waals surface area contributed by atoms with Crippen LogP contribution in [-0.2, 0) is 14.6 Å². The van der Waals surface area contributed by atoms with E-state index in [0.29, 0.717) is 19.3 Å². The molecule has 0 atom stereocenters. The Kier molecular flexibility index (Phi) is 6.00. The molecule has 84 valence electrons. The zero-order valence-corrected chi connectivity index (χ0v) is 10.1. The lowest BCUT2D eigenvalue weighted by atomic mass is 10.0. The molecular formula is C10H20O3S. The Morgan fingerprint density at radius 1 is 1.21 bits per heavy atom. The fraction of sp³-hybridized carbons (Fsp3) is 0.900. The predicted molar refractivity (Wildman–Crippen MR) is 58.0 cm³/mol. The molecule has 14 heavy (non-hydrogen) atoms. The smallest absolute Gasteiger partial charge is 0.150 e. The van der Waals surface area contributed by atoms with Gasteiger partial charge in [-0.1, -0.05) is 20.8 Å². The van der Waals surface area contributed by atoms with Gasteiger partial charge in [-0.2, -0.15) is 0 Å². The van der Waals surface area contributed by atoms with Gasteiger partial charge in [0.15, 0.2) is 0 Å².